The molecule has 0 spiro atoms. The molecule has 153 valence electrons. The van der Waals surface area contributed by atoms with Gasteiger partial charge in [-0.1, -0.05) is 0 Å². The van der Waals surface area contributed by atoms with Crippen LogP contribution in [0.15, 0.2) is 0 Å². The molecule has 0 aromatic rings. The summed E-state index contributed by atoms with van der Waals surface area (Å²) in [5.41, 5.74) is 0. The maximum absolute atomic E-state index is 8.49. The standard InChI is InChI=1S/3C2H3N.3CH2O.2ClHO4.Mn/c3*1-2-3;3*1-2;2*2-1(3,4)5;/h3*1H3;3*1H2;2*(H,2,3,4,5);/q;;;;;;;;+2/p-2. The molecule has 0 atom stereocenters. The molecule has 14 nitrogen and oxygen atoms in total. The molecule has 1 radical (unpaired) electrons. The van der Waals surface area contributed by atoms with Crippen LogP contribution in [0.5, 0.6) is 0 Å². The van der Waals surface area contributed by atoms with Crippen molar-refractivity contribution in [2.24, 2.45) is 0 Å². The summed E-state index contributed by atoms with van der Waals surface area (Å²) in [5, 5.41) is 22.0. The van der Waals surface area contributed by atoms with Gasteiger partial charge in [0.05, 0.1) is 18.2 Å². The van der Waals surface area contributed by atoms with Crippen molar-refractivity contribution in [3.05, 3.63) is 0 Å². The van der Waals surface area contributed by atoms with Crippen LogP contribution in [-0.4, -0.2) is 20.4 Å². The number of hydrogen-bond acceptors (Lipinski definition) is 14. The van der Waals surface area contributed by atoms with Crippen molar-refractivity contribution in [2.45, 2.75) is 20.8 Å². The monoisotopic (exact) mass is 466 g/mol. The van der Waals surface area contributed by atoms with E-state index >= 15 is 0 Å². The Labute approximate surface area is 164 Å². The molecule has 0 aliphatic heterocycles. The Kier molecular flexibility index (Phi) is 142. The normalized spacial score (nSPS) is 6.00. The molecule has 0 bridgehead atoms. The Balaban J connectivity index is -0.0000000186. The van der Waals surface area contributed by atoms with E-state index in [1.54, 1.807) is 18.2 Å². The maximum Gasteiger partial charge on any atom is 2.00 e. The number of nitriles is 3. The van der Waals surface area contributed by atoms with Crippen LogP contribution in [0.2, 0.25) is 0 Å². The van der Waals surface area contributed by atoms with Crippen LogP contribution in [0.1, 0.15) is 20.8 Å². The molecule has 0 unspecified atom stereocenters. The number of hydrogen-bond donors (Lipinski definition) is 0. The van der Waals surface area contributed by atoms with Crippen molar-refractivity contribution < 1.29 is 89.2 Å². The van der Waals surface area contributed by atoms with Gasteiger partial charge in [-0.05, 0) is 0 Å². The zero-order valence-electron chi connectivity index (χ0n) is 13.6. The fourth-order valence-corrected chi connectivity index (χ4v) is 0. The fraction of sp³-hybridized carbons (Fsp3) is 0.333. The Morgan fingerprint density at radius 1 is 0.538 bits per heavy atom. The van der Waals surface area contributed by atoms with Gasteiger partial charge in [0.25, 0.3) is 0 Å². The van der Waals surface area contributed by atoms with Crippen molar-refractivity contribution >= 4 is 20.4 Å². The number of carbonyl (C=O) groups excluding carboxylic acids is 3. The molecule has 0 saturated heterocycles. The number of carbonyl (C=O) groups is 3. The van der Waals surface area contributed by atoms with Gasteiger partial charge in [0.15, 0.2) is 0 Å². The third kappa shape index (κ3) is 3320. The van der Waals surface area contributed by atoms with Gasteiger partial charge in [0, 0.05) is 20.8 Å². The van der Waals surface area contributed by atoms with Gasteiger partial charge in [0.2, 0.25) is 0 Å². The van der Waals surface area contributed by atoms with Crippen LogP contribution in [0.4, 0.5) is 0 Å². The minimum atomic E-state index is -4.94. The average molecular weight is 467 g/mol. The van der Waals surface area contributed by atoms with Gasteiger partial charge in [-0.25, -0.2) is 37.3 Å². The number of halogens is 2. The molecule has 26 heavy (non-hydrogen) atoms. The second-order valence-electron chi connectivity index (χ2n) is 1.43. The van der Waals surface area contributed by atoms with Crippen molar-refractivity contribution in [1.29, 1.82) is 15.8 Å². The molecule has 0 aromatic heterocycles. The largest absolute Gasteiger partial charge is 2.00 e. The van der Waals surface area contributed by atoms with Crippen LogP contribution >= 0.6 is 0 Å². The van der Waals surface area contributed by atoms with Crippen LogP contribution in [0.25, 0.3) is 0 Å². The number of rotatable bonds is 0. The van der Waals surface area contributed by atoms with E-state index in [0.29, 0.717) is 0 Å². The first-order chi connectivity index (χ1) is 11.2. The van der Waals surface area contributed by atoms with Crippen LogP contribution in [0, 0.1) is 54.5 Å². The maximum atomic E-state index is 8.49. The quantitative estimate of drug-likeness (QED) is 0.299. The predicted molar refractivity (Wildman–Crippen MR) is 55.2 cm³/mol. The number of nitrogens with zero attached hydrogens (tertiary/aromatic N) is 3. The second-order valence-corrected chi connectivity index (χ2v) is 2.94. The van der Waals surface area contributed by atoms with Crippen molar-refractivity contribution in [3.8, 4) is 18.2 Å². The third-order valence-corrected chi connectivity index (χ3v) is 0. The van der Waals surface area contributed by atoms with E-state index in [9.17, 15) is 0 Å². The van der Waals surface area contributed by atoms with E-state index in [4.69, 9.17) is 67.4 Å². The summed E-state index contributed by atoms with van der Waals surface area (Å²) in [6.07, 6.45) is 0. The minimum absolute atomic E-state index is 0. The van der Waals surface area contributed by atoms with E-state index in [1.807, 2.05) is 20.4 Å². The molecule has 0 heterocycles. The second kappa shape index (κ2) is 65.6. The Hall–Kier alpha value is -1.74. The van der Waals surface area contributed by atoms with Gasteiger partial charge in [-0.15, -0.1) is 20.5 Å². The molecule has 0 rings (SSSR count). The van der Waals surface area contributed by atoms with Crippen molar-refractivity contribution in [1.82, 2.24) is 0 Å². The summed E-state index contributed by atoms with van der Waals surface area (Å²) < 4.78 is 67.9. The van der Waals surface area contributed by atoms with E-state index in [-0.39, 0.29) is 17.1 Å². The third-order valence-electron chi connectivity index (χ3n) is 0. The zero-order chi connectivity index (χ0) is 23.1. The first-order valence-corrected chi connectivity index (χ1v) is 6.74. The van der Waals surface area contributed by atoms with Gasteiger partial charge in [-0.3, -0.25) is 0 Å². The fourth-order valence-electron chi connectivity index (χ4n) is 0. The van der Waals surface area contributed by atoms with Gasteiger partial charge >= 0.3 is 17.1 Å². The molecule has 0 N–H and O–H groups in total. The molecule has 0 aromatic carbocycles. The first kappa shape index (κ1) is 56.4. The predicted octanol–water partition coefficient (Wildman–Crippen LogP) is -8.48. The summed E-state index contributed by atoms with van der Waals surface area (Å²) >= 11 is 0. The van der Waals surface area contributed by atoms with Gasteiger partial charge in [-0.2, -0.15) is 15.8 Å². The van der Waals surface area contributed by atoms with Crippen molar-refractivity contribution in [2.75, 3.05) is 0 Å². The van der Waals surface area contributed by atoms with E-state index in [1.165, 1.54) is 20.8 Å². The Morgan fingerprint density at radius 3 is 0.538 bits per heavy atom. The zero-order valence-corrected chi connectivity index (χ0v) is 16.3. The summed E-state index contributed by atoms with van der Waals surface area (Å²) in [4.78, 5) is 24.0. The Bertz CT molecular complexity index is 277. The van der Waals surface area contributed by atoms with E-state index in [2.05, 4.69) is 0 Å². The first-order valence-electron chi connectivity index (χ1n) is 4.27. The average Bonchev–Trinajstić information content (AvgIpc) is 2.44. The van der Waals surface area contributed by atoms with E-state index < -0.39 is 20.5 Å². The van der Waals surface area contributed by atoms with Crippen LogP contribution in [0.3, 0.4) is 0 Å². The molecule has 0 saturated carbocycles. The minimum Gasteiger partial charge on any atom is -0.307 e. The molecule has 0 amide bonds. The summed E-state index contributed by atoms with van der Waals surface area (Å²) in [6.45, 7) is 10.3. The topological polar surface area (TPSA) is 307 Å². The smallest absolute Gasteiger partial charge is 0.307 e. The van der Waals surface area contributed by atoms with Crippen molar-refractivity contribution in [3.63, 3.8) is 0 Å². The summed E-state index contributed by atoms with van der Waals surface area (Å²) in [7, 11) is -9.89. The van der Waals surface area contributed by atoms with Gasteiger partial charge < -0.3 is 14.4 Å². The molecular weight excluding hydrogens is 452 g/mol. The molecular formula is C9H15Cl2MnN3O11. The molecule has 0 aliphatic carbocycles. The van der Waals surface area contributed by atoms with Gasteiger partial charge in [0.1, 0.15) is 20.4 Å². The Morgan fingerprint density at radius 2 is 0.538 bits per heavy atom. The SMILES string of the molecule is C=O.C=O.C=O.CC#N.CC#N.CC#N.[Mn+2].[O-][Cl+3]([O-])([O-])[O-].[O-][Cl+3]([O-])([O-])[O-]. The van der Waals surface area contributed by atoms with Crippen LogP contribution in [-0.2, 0) is 31.5 Å². The molecule has 17 heteroatoms. The summed E-state index contributed by atoms with van der Waals surface area (Å²) in [6, 6.07) is 5.25. The van der Waals surface area contributed by atoms with Crippen LogP contribution < -0.4 is 37.3 Å². The summed E-state index contributed by atoms with van der Waals surface area (Å²) in [5.74, 6) is 0. The molecule has 0 fully saturated rings. The van der Waals surface area contributed by atoms with E-state index in [0.717, 1.165) is 0 Å². The molecule has 0 aliphatic rings.